The van der Waals surface area contributed by atoms with E-state index in [2.05, 4.69) is 20.8 Å². The molecule has 0 saturated heterocycles. The number of aryl methyl sites for hydroxylation is 1. The van der Waals surface area contributed by atoms with Gasteiger partial charge >= 0.3 is 0 Å². The molecule has 0 amide bonds. The fourth-order valence-electron chi connectivity index (χ4n) is 2.39. The van der Waals surface area contributed by atoms with Crippen molar-refractivity contribution < 1.29 is 8.78 Å². The van der Waals surface area contributed by atoms with Gasteiger partial charge in [-0.3, -0.25) is 0 Å². The summed E-state index contributed by atoms with van der Waals surface area (Å²) in [7, 11) is 0. The number of nitrogens with zero attached hydrogens (tertiary/aromatic N) is 2. The van der Waals surface area contributed by atoms with Gasteiger partial charge in [0.25, 0.3) is 0 Å². The molecular weight excluding hydrogens is 306 g/mol. The van der Waals surface area contributed by atoms with Crippen LogP contribution in [0.2, 0.25) is 0 Å². The van der Waals surface area contributed by atoms with Gasteiger partial charge in [-0.15, -0.1) is 5.10 Å². The highest BCUT2D eigenvalue weighted by Gasteiger charge is 2.48. The maximum Gasteiger partial charge on any atom is 0.172 e. The van der Waals surface area contributed by atoms with Crippen LogP contribution in [0, 0.1) is 18.6 Å². The summed E-state index contributed by atoms with van der Waals surface area (Å²) < 4.78 is 27.9. The predicted molar refractivity (Wildman–Crippen MR) is 83.4 cm³/mol. The highest BCUT2D eigenvalue weighted by atomic mass is 32.1. The van der Waals surface area contributed by atoms with Gasteiger partial charge in [0.15, 0.2) is 10.9 Å². The zero-order valence-electron chi connectivity index (χ0n) is 11.9. The third-order valence-electron chi connectivity index (χ3n) is 3.70. The lowest BCUT2D eigenvalue weighted by atomic mass is 10.0. The molecule has 4 nitrogen and oxygen atoms in total. The molecule has 3 rings (SSSR count). The third kappa shape index (κ3) is 2.76. The van der Waals surface area contributed by atoms with Crippen LogP contribution >= 0.6 is 12.2 Å². The van der Waals surface area contributed by atoms with E-state index in [-0.39, 0.29) is 10.7 Å². The Morgan fingerprint density at radius 1 is 1.23 bits per heavy atom. The molecule has 0 radical (unpaired) electrons. The van der Waals surface area contributed by atoms with E-state index in [1.54, 1.807) is 12.3 Å². The maximum atomic E-state index is 14.0. The van der Waals surface area contributed by atoms with E-state index in [9.17, 15) is 8.78 Å². The molecule has 2 aromatic rings. The topological polar surface area (TPSA) is 49.8 Å². The molecule has 1 saturated carbocycles. The van der Waals surface area contributed by atoms with Gasteiger partial charge in [-0.2, -0.15) is 5.10 Å². The quantitative estimate of drug-likeness (QED) is 0.851. The Kier molecular flexibility index (Phi) is 3.74. The summed E-state index contributed by atoms with van der Waals surface area (Å²) in [6.07, 6.45) is 2.81. The molecule has 1 aliphatic carbocycles. The minimum Gasteiger partial charge on any atom is -0.353 e. The standard InChI is InChI=1S/C15H14F2N4S/c1-9-5-8-18-21-13(9)19-14(22)20-15(6-7-15)12-10(16)3-2-4-11(12)17/h2-5,8H,6-7H2,1H3,(H2,19,20,21,22). The molecule has 0 unspecified atom stereocenters. The molecular formula is C15H14F2N4S. The fourth-order valence-corrected chi connectivity index (χ4v) is 2.68. The molecule has 1 fully saturated rings. The van der Waals surface area contributed by atoms with Gasteiger partial charge in [0.05, 0.1) is 11.7 Å². The van der Waals surface area contributed by atoms with Crippen LogP contribution in [0.4, 0.5) is 14.6 Å². The summed E-state index contributed by atoms with van der Waals surface area (Å²) in [5.41, 5.74) is 0.131. The lowest BCUT2D eigenvalue weighted by Gasteiger charge is -2.21. The van der Waals surface area contributed by atoms with Gasteiger partial charge in [-0.1, -0.05) is 6.07 Å². The van der Waals surface area contributed by atoms with Gasteiger partial charge in [0.2, 0.25) is 0 Å². The minimum absolute atomic E-state index is 0.0371. The van der Waals surface area contributed by atoms with Crippen molar-refractivity contribution in [1.82, 2.24) is 15.5 Å². The number of thiocarbonyl (C=S) groups is 1. The summed E-state index contributed by atoms with van der Waals surface area (Å²) >= 11 is 5.24. The normalized spacial score (nSPS) is 15.2. The molecule has 0 bridgehead atoms. The molecule has 0 atom stereocenters. The highest BCUT2D eigenvalue weighted by molar-refractivity contribution is 7.80. The van der Waals surface area contributed by atoms with E-state index in [0.717, 1.165) is 5.56 Å². The molecule has 1 aliphatic rings. The van der Waals surface area contributed by atoms with Crippen molar-refractivity contribution in [1.29, 1.82) is 0 Å². The fraction of sp³-hybridized carbons (Fsp3) is 0.267. The van der Waals surface area contributed by atoms with Crippen molar-refractivity contribution in [3.8, 4) is 0 Å². The predicted octanol–water partition coefficient (Wildman–Crippen LogP) is 3.04. The number of nitrogens with one attached hydrogen (secondary N) is 2. The van der Waals surface area contributed by atoms with Crippen LogP contribution in [0.3, 0.4) is 0 Å². The first kappa shape index (κ1) is 14.8. The Balaban J connectivity index is 1.78. The molecule has 1 heterocycles. The Morgan fingerprint density at radius 2 is 1.91 bits per heavy atom. The van der Waals surface area contributed by atoms with Crippen LogP contribution < -0.4 is 10.6 Å². The zero-order valence-corrected chi connectivity index (χ0v) is 12.7. The van der Waals surface area contributed by atoms with Crippen molar-refractivity contribution in [2.75, 3.05) is 5.32 Å². The highest BCUT2D eigenvalue weighted by Crippen LogP contribution is 2.47. The number of halogens is 2. The first-order valence-electron chi connectivity index (χ1n) is 6.84. The lowest BCUT2D eigenvalue weighted by molar-refractivity contribution is 0.501. The average Bonchev–Trinajstić information content (AvgIpc) is 3.21. The van der Waals surface area contributed by atoms with Crippen LogP contribution in [0.15, 0.2) is 30.5 Å². The first-order chi connectivity index (χ1) is 10.5. The third-order valence-corrected chi connectivity index (χ3v) is 3.90. The molecule has 114 valence electrons. The summed E-state index contributed by atoms with van der Waals surface area (Å²) in [4.78, 5) is 0. The molecule has 1 aromatic carbocycles. The second kappa shape index (κ2) is 5.57. The molecule has 22 heavy (non-hydrogen) atoms. The SMILES string of the molecule is Cc1ccnnc1NC(=S)NC1(c2c(F)cccc2F)CC1. The summed E-state index contributed by atoms with van der Waals surface area (Å²) in [6, 6.07) is 5.65. The largest absolute Gasteiger partial charge is 0.353 e. The Bertz CT molecular complexity index is 711. The van der Waals surface area contributed by atoms with Crippen molar-refractivity contribution in [2.24, 2.45) is 0 Å². The maximum absolute atomic E-state index is 14.0. The van der Waals surface area contributed by atoms with E-state index in [4.69, 9.17) is 12.2 Å². The average molecular weight is 320 g/mol. The Hall–Kier alpha value is -2.15. The molecule has 0 aliphatic heterocycles. The van der Waals surface area contributed by atoms with Crippen molar-refractivity contribution >= 4 is 23.1 Å². The van der Waals surface area contributed by atoms with E-state index in [0.29, 0.717) is 18.7 Å². The second-order valence-corrected chi connectivity index (χ2v) is 5.73. The van der Waals surface area contributed by atoms with E-state index >= 15 is 0 Å². The molecule has 0 spiro atoms. The molecule has 7 heteroatoms. The van der Waals surface area contributed by atoms with Gasteiger partial charge in [0, 0.05) is 5.56 Å². The molecule has 1 aromatic heterocycles. The monoisotopic (exact) mass is 320 g/mol. The number of anilines is 1. The van der Waals surface area contributed by atoms with Crippen molar-refractivity contribution in [3.63, 3.8) is 0 Å². The number of rotatable bonds is 3. The number of benzene rings is 1. The number of aromatic nitrogens is 2. The lowest BCUT2D eigenvalue weighted by Crippen LogP contribution is -2.39. The zero-order chi connectivity index (χ0) is 15.7. The van der Waals surface area contributed by atoms with E-state index in [1.165, 1.54) is 18.2 Å². The van der Waals surface area contributed by atoms with E-state index in [1.807, 2.05) is 6.92 Å². The Labute approximate surface area is 132 Å². The van der Waals surface area contributed by atoms with Gasteiger partial charge < -0.3 is 10.6 Å². The van der Waals surface area contributed by atoms with Gasteiger partial charge in [-0.05, 0) is 55.7 Å². The molecule has 2 N–H and O–H groups in total. The van der Waals surface area contributed by atoms with Crippen LogP contribution in [0.1, 0.15) is 24.0 Å². The van der Waals surface area contributed by atoms with Crippen LogP contribution in [0.5, 0.6) is 0 Å². The van der Waals surface area contributed by atoms with E-state index < -0.39 is 17.2 Å². The van der Waals surface area contributed by atoms with Crippen LogP contribution in [-0.2, 0) is 5.54 Å². The van der Waals surface area contributed by atoms with Gasteiger partial charge in [0.1, 0.15) is 11.6 Å². The number of hydrogen-bond acceptors (Lipinski definition) is 3. The first-order valence-corrected chi connectivity index (χ1v) is 7.25. The second-order valence-electron chi connectivity index (χ2n) is 5.32. The van der Waals surface area contributed by atoms with Crippen LogP contribution in [-0.4, -0.2) is 15.3 Å². The Morgan fingerprint density at radius 3 is 2.50 bits per heavy atom. The summed E-state index contributed by atoms with van der Waals surface area (Å²) in [5, 5.41) is 13.9. The van der Waals surface area contributed by atoms with Crippen molar-refractivity contribution in [3.05, 3.63) is 53.2 Å². The van der Waals surface area contributed by atoms with Gasteiger partial charge in [-0.25, -0.2) is 8.78 Å². The summed E-state index contributed by atoms with van der Waals surface area (Å²) in [6.45, 7) is 1.86. The van der Waals surface area contributed by atoms with Crippen LogP contribution in [0.25, 0.3) is 0 Å². The van der Waals surface area contributed by atoms with Crippen molar-refractivity contribution in [2.45, 2.75) is 25.3 Å². The minimum atomic E-state index is -0.782. The number of hydrogen-bond donors (Lipinski definition) is 2. The summed E-state index contributed by atoms with van der Waals surface area (Å²) in [5.74, 6) is -0.614. The smallest absolute Gasteiger partial charge is 0.172 e.